The third kappa shape index (κ3) is 4.43. The van der Waals surface area contributed by atoms with Crippen molar-refractivity contribution < 1.29 is 13.6 Å². The van der Waals surface area contributed by atoms with Gasteiger partial charge in [0.2, 0.25) is 5.91 Å². The van der Waals surface area contributed by atoms with Gasteiger partial charge in [-0.3, -0.25) is 4.79 Å². The van der Waals surface area contributed by atoms with Crippen LogP contribution in [-0.2, 0) is 4.79 Å². The Hall–Kier alpha value is -1.92. The zero-order valence-corrected chi connectivity index (χ0v) is 15.2. The highest BCUT2D eigenvalue weighted by molar-refractivity contribution is 8.00. The van der Waals surface area contributed by atoms with Crippen LogP contribution in [0.1, 0.15) is 23.7 Å². The molecule has 3 nitrogen and oxygen atoms in total. The molecule has 0 saturated carbocycles. The number of hydrogen-bond acceptors (Lipinski definition) is 3. The molecule has 1 unspecified atom stereocenters. The summed E-state index contributed by atoms with van der Waals surface area (Å²) in [6, 6.07) is 12.8. The van der Waals surface area contributed by atoms with E-state index in [1.54, 1.807) is 0 Å². The molecule has 1 amide bonds. The molecule has 0 bridgehead atoms. The van der Waals surface area contributed by atoms with E-state index in [9.17, 15) is 13.6 Å². The summed E-state index contributed by atoms with van der Waals surface area (Å²) in [6.45, 7) is 1.96. The minimum atomic E-state index is -0.648. The Bertz CT molecular complexity index is 749. The summed E-state index contributed by atoms with van der Waals surface area (Å²) >= 11 is 1.13. The number of carbonyl (C=O) groups is 1. The molecule has 0 aromatic heterocycles. The van der Waals surface area contributed by atoms with Gasteiger partial charge in [0.1, 0.15) is 16.9 Å². The van der Waals surface area contributed by atoms with E-state index in [-0.39, 0.29) is 10.8 Å². The minimum Gasteiger partial charge on any atom is -0.341 e. The van der Waals surface area contributed by atoms with Crippen molar-refractivity contribution in [2.75, 3.05) is 19.6 Å². The van der Waals surface area contributed by atoms with Crippen LogP contribution < -0.4 is 5.73 Å². The van der Waals surface area contributed by atoms with Gasteiger partial charge >= 0.3 is 0 Å². The second kappa shape index (κ2) is 8.64. The highest BCUT2D eigenvalue weighted by atomic mass is 32.2. The molecule has 3 rings (SSSR count). The molecule has 2 aromatic carbocycles. The standard InChI is InChI=1S/C20H22F2N2OS/c21-16-6-7-18(17(22)12-16)26-19(15-4-2-1-3-5-15)20(25)24-10-8-14(13-23)9-11-24/h1-7,12,14,19H,8-11,13,23H2. The van der Waals surface area contributed by atoms with Gasteiger partial charge in [0, 0.05) is 24.1 Å². The van der Waals surface area contributed by atoms with Crippen molar-refractivity contribution in [1.29, 1.82) is 0 Å². The van der Waals surface area contributed by atoms with E-state index in [4.69, 9.17) is 5.73 Å². The summed E-state index contributed by atoms with van der Waals surface area (Å²) in [7, 11) is 0. The van der Waals surface area contributed by atoms with Gasteiger partial charge in [0.15, 0.2) is 0 Å². The number of amides is 1. The molecule has 1 aliphatic rings. The first-order valence-corrected chi connectivity index (χ1v) is 9.62. The van der Waals surface area contributed by atoms with E-state index in [0.29, 0.717) is 25.6 Å². The Morgan fingerprint density at radius 2 is 1.85 bits per heavy atom. The van der Waals surface area contributed by atoms with Crippen LogP contribution in [0.25, 0.3) is 0 Å². The van der Waals surface area contributed by atoms with Crippen LogP contribution in [0.4, 0.5) is 8.78 Å². The summed E-state index contributed by atoms with van der Waals surface area (Å²) in [6.07, 6.45) is 1.78. The first kappa shape index (κ1) is 18.9. The molecule has 1 heterocycles. The van der Waals surface area contributed by atoms with Gasteiger partial charge in [-0.1, -0.05) is 30.3 Å². The minimum absolute atomic E-state index is 0.0413. The lowest BCUT2D eigenvalue weighted by atomic mass is 9.96. The predicted molar refractivity (Wildman–Crippen MR) is 99.8 cm³/mol. The van der Waals surface area contributed by atoms with E-state index >= 15 is 0 Å². The maximum absolute atomic E-state index is 14.1. The predicted octanol–water partition coefficient (Wildman–Crippen LogP) is 4.00. The van der Waals surface area contributed by atoms with E-state index in [1.807, 2.05) is 35.2 Å². The first-order valence-electron chi connectivity index (χ1n) is 8.74. The third-order valence-corrected chi connectivity index (χ3v) is 6.02. The number of nitrogens with zero attached hydrogens (tertiary/aromatic N) is 1. The van der Waals surface area contributed by atoms with E-state index in [1.165, 1.54) is 12.1 Å². The lowest BCUT2D eigenvalue weighted by Crippen LogP contribution is -2.41. The molecular weight excluding hydrogens is 354 g/mol. The molecule has 0 spiro atoms. The number of nitrogens with two attached hydrogens (primary N) is 1. The molecule has 0 radical (unpaired) electrons. The molecule has 1 saturated heterocycles. The monoisotopic (exact) mass is 376 g/mol. The van der Waals surface area contributed by atoms with Crippen molar-refractivity contribution in [2.45, 2.75) is 23.0 Å². The van der Waals surface area contributed by atoms with Crippen LogP contribution in [0.3, 0.4) is 0 Å². The van der Waals surface area contributed by atoms with E-state index < -0.39 is 16.9 Å². The molecule has 26 heavy (non-hydrogen) atoms. The van der Waals surface area contributed by atoms with Crippen LogP contribution in [-0.4, -0.2) is 30.4 Å². The van der Waals surface area contributed by atoms with Gasteiger partial charge in [0.05, 0.1) is 0 Å². The number of thioether (sulfide) groups is 1. The molecule has 2 aromatic rings. The normalized spacial score (nSPS) is 16.5. The second-order valence-electron chi connectivity index (χ2n) is 6.49. The Morgan fingerprint density at radius 1 is 1.15 bits per heavy atom. The number of piperidine rings is 1. The van der Waals surface area contributed by atoms with Gasteiger partial charge in [-0.15, -0.1) is 11.8 Å². The van der Waals surface area contributed by atoms with Crippen molar-refractivity contribution in [2.24, 2.45) is 11.7 Å². The number of halogens is 2. The Balaban J connectivity index is 1.83. The van der Waals surface area contributed by atoms with Gasteiger partial charge in [0.25, 0.3) is 0 Å². The highest BCUT2D eigenvalue weighted by Crippen LogP contribution is 2.38. The van der Waals surface area contributed by atoms with Crippen LogP contribution in [0.2, 0.25) is 0 Å². The van der Waals surface area contributed by atoms with E-state index in [0.717, 1.165) is 36.2 Å². The molecule has 0 aliphatic carbocycles. The second-order valence-corrected chi connectivity index (χ2v) is 7.63. The number of likely N-dealkylation sites (tertiary alicyclic amines) is 1. The zero-order chi connectivity index (χ0) is 18.5. The van der Waals surface area contributed by atoms with Gasteiger partial charge < -0.3 is 10.6 Å². The summed E-state index contributed by atoms with van der Waals surface area (Å²) in [5.74, 6) is -0.860. The van der Waals surface area contributed by atoms with Crippen molar-refractivity contribution in [3.05, 3.63) is 65.7 Å². The molecule has 1 aliphatic heterocycles. The molecule has 1 fully saturated rings. The summed E-state index contributed by atoms with van der Waals surface area (Å²) in [5.41, 5.74) is 6.54. The molecular formula is C20H22F2N2OS. The van der Waals surface area contributed by atoms with Crippen LogP contribution in [0.5, 0.6) is 0 Å². The van der Waals surface area contributed by atoms with Crippen molar-refractivity contribution in [3.63, 3.8) is 0 Å². The number of benzene rings is 2. The maximum atomic E-state index is 14.1. The van der Waals surface area contributed by atoms with Gasteiger partial charge in [-0.25, -0.2) is 8.78 Å². The Kier molecular flexibility index (Phi) is 6.27. The number of rotatable bonds is 5. The topological polar surface area (TPSA) is 46.3 Å². The van der Waals surface area contributed by atoms with Crippen LogP contribution in [0, 0.1) is 17.6 Å². The largest absolute Gasteiger partial charge is 0.341 e. The SMILES string of the molecule is NCC1CCN(C(=O)C(Sc2ccc(F)cc2F)c2ccccc2)CC1. The van der Waals surface area contributed by atoms with Crippen LogP contribution in [0.15, 0.2) is 53.4 Å². The molecule has 138 valence electrons. The molecule has 1 atom stereocenters. The van der Waals surface area contributed by atoms with Crippen molar-refractivity contribution in [1.82, 2.24) is 4.90 Å². The zero-order valence-electron chi connectivity index (χ0n) is 14.4. The Labute approximate surface area is 156 Å². The fourth-order valence-electron chi connectivity index (χ4n) is 3.14. The average molecular weight is 376 g/mol. The summed E-state index contributed by atoms with van der Waals surface area (Å²) in [4.78, 5) is 15.3. The quantitative estimate of drug-likeness (QED) is 0.803. The first-order chi connectivity index (χ1) is 12.6. The molecule has 2 N–H and O–H groups in total. The van der Waals surface area contributed by atoms with Crippen LogP contribution >= 0.6 is 11.8 Å². The number of carbonyl (C=O) groups excluding carboxylic acids is 1. The lowest BCUT2D eigenvalue weighted by molar-refractivity contribution is -0.132. The van der Waals surface area contributed by atoms with E-state index in [2.05, 4.69) is 0 Å². The molecule has 6 heteroatoms. The van der Waals surface area contributed by atoms with Crippen molar-refractivity contribution >= 4 is 17.7 Å². The smallest absolute Gasteiger partial charge is 0.240 e. The fraction of sp³-hybridized carbons (Fsp3) is 0.350. The Morgan fingerprint density at radius 3 is 2.46 bits per heavy atom. The highest BCUT2D eigenvalue weighted by Gasteiger charge is 2.30. The summed E-state index contributed by atoms with van der Waals surface area (Å²) in [5, 5.41) is -0.564. The number of hydrogen-bond donors (Lipinski definition) is 1. The van der Waals surface area contributed by atoms with Crippen molar-refractivity contribution in [3.8, 4) is 0 Å². The van der Waals surface area contributed by atoms with Gasteiger partial charge in [-0.2, -0.15) is 0 Å². The maximum Gasteiger partial charge on any atom is 0.240 e. The third-order valence-electron chi connectivity index (χ3n) is 4.72. The fourth-order valence-corrected chi connectivity index (χ4v) is 4.26. The van der Waals surface area contributed by atoms with Gasteiger partial charge in [-0.05, 0) is 43.0 Å². The lowest BCUT2D eigenvalue weighted by Gasteiger charge is -2.33. The average Bonchev–Trinajstić information content (AvgIpc) is 2.68. The summed E-state index contributed by atoms with van der Waals surface area (Å²) < 4.78 is 27.3.